The van der Waals surface area contributed by atoms with Crippen molar-refractivity contribution in [3.63, 3.8) is 0 Å². The molecule has 94 valence electrons. The molecule has 17 heavy (non-hydrogen) atoms. The van der Waals surface area contributed by atoms with E-state index in [2.05, 4.69) is 37.2 Å². The van der Waals surface area contributed by atoms with Crippen molar-refractivity contribution in [3.8, 4) is 0 Å². The van der Waals surface area contributed by atoms with Crippen molar-refractivity contribution in [1.82, 2.24) is 4.90 Å². The highest BCUT2D eigenvalue weighted by Crippen LogP contribution is 2.26. The Bertz CT molecular complexity index is 399. The number of hydrogen-bond donors (Lipinski definition) is 1. The summed E-state index contributed by atoms with van der Waals surface area (Å²) in [5, 5.41) is 2.81. The number of anilines is 1. The molecule has 0 fully saturated rings. The number of nitrogens with zero attached hydrogens (tertiary/aromatic N) is 1. The van der Waals surface area contributed by atoms with Gasteiger partial charge in [-0.1, -0.05) is 15.9 Å². The number of benzene rings is 1. The fourth-order valence-corrected chi connectivity index (χ4v) is 1.84. The maximum atomic E-state index is 11.8. The number of nitrogens with one attached hydrogen (secondary N) is 1. The summed E-state index contributed by atoms with van der Waals surface area (Å²) in [4.78, 5) is 13.4. The lowest BCUT2D eigenvalue weighted by atomic mass is 10.3. The van der Waals surface area contributed by atoms with Gasteiger partial charge in [0.1, 0.15) is 0 Å². The molecule has 0 heterocycles. The van der Waals surface area contributed by atoms with Gasteiger partial charge in [0, 0.05) is 29.6 Å². The first-order chi connectivity index (χ1) is 8.04. The minimum atomic E-state index is -0.166. The van der Waals surface area contributed by atoms with Crippen LogP contribution >= 0.6 is 31.9 Å². The van der Waals surface area contributed by atoms with Crippen LogP contribution in [0, 0.1) is 0 Å². The van der Waals surface area contributed by atoms with Crippen molar-refractivity contribution in [2.75, 3.05) is 32.6 Å². The minimum absolute atomic E-state index is 0.166. The van der Waals surface area contributed by atoms with Gasteiger partial charge in [0.25, 0.3) is 0 Å². The first-order valence-electron chi connectivity index (χ1n) is 5.00. The Labute approximate surface area is 118 Å². The van der Waals surface area contributed by atoms with Gasteiger partial charge in [-0.3, -0.25) is 0 Å². The van der Waals surface area contributed by atoms with Gasteiger partial charge in [0.05, 0.1) is 12.3 Å². The largest absolute Gasteiger partial charge is 0.383 e. The van der Waals surface area contributed by atoms with E-state index in [-0.39, 0.29) is 6.03 Å². The topological polar surface area (TPSA) is 41.6 Å². The predicted octanol–water partition coefficient (Wildman–Crippen LogP) is 3.32. The van der Waals surface area contributed by atoms with Crippen molar-refractivity contribution < 1.29 is 9.53 Å². The van der Waals surface area contributed by atoms with Gasteiger partial charge in [0.2, 0.25) is 0 Å². The summed E-state index contributed by atoms with van der Waals surface area (Å²) in [5.41, 5.74) is 0.730. The summed E-state index contributed by atoms with van der Waals surface area (Å²) in [6.45, 7) is 1.07. The lowest BCUT2D eigenvalue weighted by Gasteiger charge is -2.18. The van der Waals surface area contributed by atoms with Gasteiger partial charge in [-0.2, -0.15) is 0 Å². The number of methoxy groups -OCH3 is 1. The fourth-order valence-electron chi connectivity index (χ4n) is 1.13. The molecule has 0 aliphatic carbocycles. The number of amides is 2. The van der Waals surface area contributed by atoms with Crippen LogP contribution in [0.3, 0.4) is 0 Å². The summed E-state index contributed by atoms with van der Waals surface area (Å²) in [6.07, 6.45) is 0. The Morgan fingerprint density at radius 2 is 2.18 bits per heavy atom. The van der Waals surface area contributed by atoms with E-state index in [4.69, 9.17) is 4.74 Å². The number of hydrogen-bond acceptors (Lipinski definition) is 2. The van der Waals surface area contributed by atoms with Gasteiger partial charge in [0.15, 0.2) is 0 Å². The monoisotopic (exact) mass is 364 g/mol. The number of rotatable bonds is 4. The lowest BCUT2D eigenvalue weighted by molar-refractivity contribution is 0.165. The molecule has 0 aliphatic rings. The zero-order valence-electron chi connectivity index (χ0n) is 9.67. The molecule has 1 aromatic rings. The standard InChI is InChI=1S/C11H14Br2N2O2/c1-15(5-6-17-2)11(16)14-10-7-8(12)3-4-9(10)13/h3-4,7H,5-6H2,1-2H3,(H,14,16). The predicted molar refractivity (Wildman–Crippen MR) is 75.4 cm³/mol. The maximum Gasteiger partial charge on any atom is 0.321 e. The third-order valence-electron chi connectivity index (χ3n) is 2.15. The third-order valence-corrected chi connectivity index (χ3v) is 3.33. The molecule has 1 aromatic carbocycles. The highest BCUT2D eigenvalue weighted by atomic mass is 79.9. The van der Waals surface area contributed by atoms with Gasteiger partial charge in [-0.15, -0.1) is 0 Å². The molecule has 0 unspecified atom stereocenters. The Kier molecular flexibility index (Phi) is 5.94. The van der Waals surface area contributed by atoms with Crippen LogP contribution in [0.1, 0.15) is 0 Å². The first-order valence-corrected chi connectivity index (χ1v) is 6.59. The molecule has 0 bridgehead atoms. The van der Waals surface area contributed by atoms with E-state index >= 15 is 0 Å². The second-order valence-electron chi connectivity index (χ2n) is 3.47. The van der Waals surface area contributed by atoms with Gasteiger partial charge >= 0.3 is 6.03 Å². The van der Waals surface area contributed by atoms with E-state index in [0.717, 1.165) is 14.6 Å². The Hall–Kier alpha value is -0.590. The zero-order valence-corrected chi connectivity index (χ0v) is 12.8. The Morgan fingerprint density at radius 3 is 2.82 bits per heavy atom. The molecule has 0 saturated heterocycles. The summed E-state index contributed by atoms with van der Waals surface area (Å²) in [6, 6.07) is 5.44. The van der Waals surface area contributed by atoms with E-state index in [9.17, 15) is 4.79 Å². The first kappa shape index (κ1) is 14.5. The second kappa shape index (κ2) is 6.98. The minimum Gasteiger partial charge on any atom is -0.383 e. The molecule has 0 atom stereocenters. The SMILES string of the molecule is COCCN(C)C(=O)Nc1cc(Br)ccc1Br. The maximum absolute atomic E-state index is 11.8. The third kappa shape index (κ3) is 4.65. The van der Waals surface area contributed by atoms with E-state index in [1.54, 1.807) is 19.1 Å². The average Bonchev–Trinajstić information content (AvgIpc) is 2.30. The van der Waals surface area contributed by atoms with Crippen molar-refractivity contribution in [2.45, 2.75) is 0 Å². The number of urea groups is 1. The van der Waals surface area contributed by atoms with E-state index in [0.29, 0.717) is 13.2 Å². The molecule has 0 aromatic heterocycles. The van der Waals surface area contributed by atoms with E-state index < -0.39 is 0 Å². The van der Waals surface area contributed by atoms with Crippen LogP contribution in [0.2, 0.25) is 0 Å². The van der Waals surface area contributed by atoms with Crippen molar-refractivity contribution in [3.05, 3.63) is 27.1 Å². The number of ether oxygens (including phenoxy) is 1. The molecule has 0 saturated carbocycles. The molecule has 1 rings (SSSR count). The van der Waals surface area contributed by atoms with E-state index in [1.807, 2.05) is 18.2 Å². The highest BCUT2D eigenvalue weighted by molar-refractivity contribution is 9.11. The molecule has 0 radical (unpaired) electrons. The molecule has 4 nitrogen and oxygen atoms in total. The van der Waals surface area contributed by atoms with Crippen LogP contribution in [0.25, 0.3) is 0 Å². The van der Waals surface area contributed by atoms with Crippen LogP contribution < -0.4 is 5.32 Å². The Morgan fingerprint density at radius 1 is 1.47 bits per heavy atom. The summed E-state index contributed by atoms with van der Waals surface area (Å²) in [5.74, 6) is 0. The number of halogens is 2. The molecule has 0 spiro atoms. The van der Waals surface area contributed by atoms with Crippen LogP contribution in [-0.4, -0.2) is 38.2 Å². The van der Waals surface area contributed by atoms with Gasteiger partial charge < -0.3 is 15.0 Å². The van der Waals surface area contributed by atoms with Crippen LogP contribution in [0.15, 0.2) is 27.1 Å². The van der Waals surface area contributed by atoms with Crippen molar-refractivity contribution in [1.29, 1.82) is 0 Å². The summed E-state index contributed by atoms with van der Waals surface area (Å²) in [7, 11) is 3.33. The number of carbonyl (C=O) groups is 1. The number of carbonyl (C=O) groups excluding carboxylic acids is 1. The fraction of sp³-hybridized carbons (Fsp3) is 0.364. The van der Waals surface area contributed by atoms with Crippen LogP contribution in [-0.2, 0) is 4.74 Å². The molecule has 1 N–H and O–H groups in total. The molecular formula is C11H14Br2N2O2. The molecule has 6 heteroatoms. The normalized spacial score (nSPS) is 10.1. The Balaban J connectivity index is 2.64. The average molecular weight is 366 g/mol. The van der Waals surface area contributed by atoms with Crippen molar-refractivity contribution in [2.24, 2.45) is 0 Å². The molecular weight excluding hydrogens is 352 g/mol. The van der Waals surface area contributed by atoms with Crippen LogP contribution in [0.4, 0.5) is 10.5 Å². The highest BCUT2D eigenvalue weighted by Gasteiger charge is 2.10. The molecule has 2 amide bonds. The zero-order chi connectivity index (χ0) is 12.8. The summed E-state index contributed by atoms with van der Waals surface area (Å²) < 4.78 is 6.67. The quantitative estimate of drug-likeness (QED) is 0.889. The van der Waals surface area contributed by atoms with Gasteiger partial charge in [-0.05, 0) is 34.1 Å². The van der Waals surface area contributed by atoms with Gasteiger partial charge in [-0.25, -0.2) is 4.79 Å². The van der Waals surface area contributed by atoms with Crippen molar-refractivity contribution >= 4 is 43.6 Å². The smallest absolute Gasteiger partial charge is 0.321 e. The summed E-state index contributed by atoms with van der Waals surface area (Å²) >= 11 is 6.74. The second-order valence-corrected chi connectivity index (χ2v) is 5.24. The number of likely N-dealkylation sites (N-methyl/N-ethyl adjacent to an activating group) is 1. The lowest BCUT2D eigenvalue weighted by Crippen LogP contribution is -2.33. The van der Waals surface area contributed by atoms with Crippen LogP contribution in [0.5, 0.6) is 0 Å². The molecule has 0 aliphatic heterocycles. The van der Waals surface area contributed by atoms with E-state index in [1.165, 1.54) is 0 Å².